The Bertz CT molecular complexity index is 934. The lowest BCUT2D eigenvalue weighted by Crippen LogP contribution is -2.29. The molecule has 1 aliphatic rings. The van der Waals surface area contributed by atoms with Crippen LogP contribution in [0.15, 0.2) is 42.6 Å². The molecule has 6 heteroatoms. The summed E-state index contributed by atoms with van der Waals surface area (Å²) in [5, 5.41) is 10.5. The van der Waals surface area contributed by atoms with Crippen LogP contribution < -0.4 is 9.64 Å². The van der Waals surface area contributed by atoms with Gasteiger partial charge < -0.3 is 14.7 Å². The number of methoxy groups -OCH3 is 1. The number of thiazole rings is 1. The highest BCUT2D eigenvalue weighted by Crippen LogP contribution is 2.38. The Morgan fingerprint density at radius 3 is 2.52 bits per heavy atom. The third-order valence-corrected chi connectivity index (χ3v) is 5.97. The van der Waals surface area contributed by atoms with Gasteiger partial charge in [-0.15, -0.1) is 11.3 Å². The van der Waals surface area contributed by atoms with E-state index in [9.17, 15) is 9.50 Å². The SMILES string of the molecule is COc1cc(-c2cnc(-c3ccc(N4CCCCC4)cc3)s2)cc(F)c1O. The van der Waals surface area contributed by atoms with Crippen molar-refractivity contribution >= 4 is 17.0 Å². The zero-order chi connectivity index (χ0) is 18.8. The van der Waals surface area contributed by atoms with Crippen molar-refractivity contribution in [3.8, 4) is 32.5 Å². The number of aromatic hydroxyl groups is 1. The molecule has 27 heavy (non-hydrogen) atoms. The molecule has 140 valence electrons. The summed E-state index contributed by atoms with van der Waals surface area (Å²) in [6, 6.07) is 11.4. The molecule has 4 nitrogen and oxygen atoms in total. The van der Waals surface area contributed by atoms with Crippen LogP contribution in [0.25, 0.3) is 21.0 Å². The second-order valence-electron chi connectivity index (χ2n) is 6.63. The molecule has 0 saturated carbocycles. The summed E-state index contributed by atoms with van der Waals surface area (Å²) in [4.78, 5) is 7.74. The number of hydrogen-bond donors (Lipinski definition) is 1. The van der Waals surface area contributed by atoms with Gasteiger partial charge in [0.1, 0.15) is 5.01 Å². The van der Waals surface area contributed by atoms with Crippen molar-refractivity contribution in [2.45, 2.75) is 19.3 Å². The molecule has 1 aliphatic heterocycles. The number of hydrogen-bond acceptors (Lipinski definition) is 5. The highest BCUT2D eigenvalue weighted by atomic mass is 32.1. The minimum Gasteiger partial charge on any atom is -0.502 e. The van der Waals surface area contributed by atoms with Crippen LogP contribution in [0.3, 0.4) is 0 Å². The predicted octanol–water partition coefficient (Wildman–Crippen LogP) is 5.32. The van der Waals surface area contributed by atoms with Gasteiger partial charge in [-0.3, -0.25) is 0 Å². The maximum atomic E-state index is 13.9. The highest BCUT2D eigenvalue weighted by Gasteiger charge is 2.15. The number of halogens is 1. The van der Waals surface area contributed by atoms with E-state index in [1.54, 1.807) is 12.3 Å². The Kier molecular flexibility index (Phi) is 4.99. The van der Waals surface area contributed by atoms with Crippen LogP contribution >= 0.6 is 11.3 Å². The van der Waals surface area contributed by atoms with Crippen LogP contribution in [-0.2, 0) is 0 Å². The molecule has 2 heterocycles. The fourth-order valence-electron chi connectivity index (χ4n) is 3.38. The minimum atomic E-state index is -0.704. The first-order valence-corrected chi connectivity index (χ1v) is 9.85. The fourth-order valence-corrected chi connectivity index (χ4v) is 4.29. The Labute approximate surface area is 161 Å². The zero-order valence-electron chi connectivity index (χ0n) is 15.1. The van der Waals surface area contributed by atoms with Crippen LogP contribution in [0.5, 0.6) is 11.5 Å². The monoisotopic (exact) mass is 384 g/mol. The van der Waals surface area contributed by atoms with Gasteiger partial charge in [-0.2, -0.15) is 0 Å². The molecule has 1 saturated heterocycles. The van der Waals surface area contributed by atoms with Crippen molar-refractivity contribution in [2.24, 2.45) is 0 Å². The first-order valence-electron chi connectivity index (χ1n) is 9.04. The summed E-state index contributed by atoms with van der Waals surface area (Å²) < 4.78 is 19.0. The maximum Gasteiger partial charge on any atom is 0.194 e. The Morgan fingerprint density at radius 2 is 1.81 bits per heavy atom. The summed E-state index contributed by atoms with van der Waals surface area (Å²) in [5.74, 6) is -1.06. The molecule has 0 unspecified atom stereocenters. The van der Waals surface area contributed by atoms with E-state index in [-0.39, 0.29) is 5.75 Å². The quantitative estimate of drug-likeness (QED) is 0.661. The third-order valence-electron chi connectivity index (χ3n) is 4.87. The smallest absolute Gasteiger partial charge is 0.194 e. The summed E-state index contributed by atoms with van der Waals surface area (Å²) in [7, 11) is 1.40. The Hall–Kier alpha value is -2.60. The van der Waals surface area contributed by atoms with Crippen LogP contribution in [0.4, 0.5) is 10.1 Å². The lowest BCUT2D eigenvalue weighted by atomic mass is 10.1. The Balaban J connectivity index is 1.58. The van der Waals surface area contributed by atoms with Gasteiger partial charge >= 0.3 is 0 Å². The molecule has 3 aromatic rings. The molecule has 0 aliphatic carbocycles. The number of aromatic nitrogens is 1. The number of phenols is 1. The predicted molar refractivity (Wildman–Crippen MR) is 107 cm³/mol. The van der Waals surface area contributed by atoms with Gasteiger partial charge in [0.2, 0.25) is 0 Å². The van der Waals surface area contributed by atoms with Crippen molar-refractivity contribution in [2.75, 3.05) is 25.1 Å². The number of phenolic OH excluding ortho intramolecular Hbond substituents is 1. The van der Waals surface area contributed by atoms with E-state index in [0.29, 0.717) is 5.56 Å². The van der Waals surface area contributed by atoms with Crippen LogP contribution in [0.1, 0.15) is 19.3 Å². The fraction of sp³-hybridized carbons (Fsp3) is 0.286. The number of anilines is 1. The van der Waals surface area contributed by atoms with E-state index < -0.39 is 11.6 Å². The van der Waals surface area contributed by atoms with Crippen LogP contribution in [0, 0.1) is 5.82 Å². The van der Waals surface area contributed by atoms with E-state index in [1.165, 1.54) is 49.5 Å². The molecule has 0 radical (unpaired) electrons. The van der Waals surface area contributed by atoms with Gasteiger partial charge in [0.05, 0.1) is 12.0 Å². The molecule has 0 bridgehead atoms. The number of piperidine rings is 1. The Morgan fingerprint density at radius 1 is 1.07 bits per heavy atom. The molecule has 1 aromatic heterocycles. The van der Waals surface area contributed by atoms with Gasteiger partial charge in [0, 0.05) is 36.1 Å². The number of benzene rings is 2. The van der Waals surface area contributed by atoms with E-state index >= 15 is 0 Å². The summed E-state index contributed by atoms with van der Waals surface area (Å²) >= 11 is 1.49. The van der Waals surface area contributed by atoms with E-state index in [0.717, 1.165) is 28.5 Å². The normalized spacial score (nSPS) is 14.4. The molecule has 0 spiro atoms. The van der Waals surface area contributed by atoms with Gasteiger partial charge in [0.25, 0.3) is 0 Å². The minimum absolute atomic E-state index is 0.117. The molecular formula is C21H21FN2O2S. The number of ether oxygens (including phenoxy) is 1. The van der Waals surface area contributed by atoms with Gasteiger partial charge in [-0.05, 0) is 55.7 Å². The van der Waals surface area contributed by atoms with Gasteiger partial charge in [0.15, 0.2) is 17.3 Å². The average molecular weight is 384 g/mol. The number of rotatable bonds is 4. The molecule has 2 aromatic carbocycles. The second kappa shape index (κ2) is 7.56. The van der Waals surface area contributed by atoms with E-state index in [1.807, 2.05) is 0 Å². The lowest BCUT2D eigenvalue weighted by molar-refractivity contribution is 0.357. The summed E-state index contributed by atoms with van der Waals surface area (Å²) in [6.45, 7) is 2.24. The van der Waals surface area contributed by atoms with E-state index in [4.69, 9.17) is 4.74 Å². The second-order valence-corrected chi connectivity index (χ2v) is 7.66. The van der Waals surface area contributed by atoms with Crippen molar-refractivity contribution < 1.29 is 14.2 Å². The molecule has 1 fully saturated rings. The first-order chi connectivity index (χ1) is 13.2. The average Bonchev–Trinajstić information content (AvgIpc) is 3.21. The highest BCUT2D eigenvalue weighted by molar-refractivity contribution is 7.18. The van der Waals surface area contributed by atoms with Crippen molar-refractivity contribution in [3.63, 3.8) is 0 Å². The molecule has 0 atom stereocenters. The standard InChI is InChI=1S/C21H21FN2O2S/c1-26-18-12-15(11-17(22)20(18)25)19-13-23-21(27-19)14-5-7-16(8-6-14)24-9-3-2-4-10-24/h5-8,11-13,25H,2-4,9-10H2,1H3. The number of nitrogens with zero attached hydrogens (tertiary/aromatic N) is 2. The van der Waals surface area contributed by atoms with Gasteiger partial charge in [-0.25, -0.2) is 9.37 Å². The van der Waals surface area contributed by atoms with E-state index in [2.05, 4.69) is 34.1 Å². The largest absolute Gasteiger partial charge is 0.502 e. The maximum absolute atomic E-state index is 13.9. The summed E-state index contributed by atoms with van der Waals surface area (Å²) in [5.41, 5.74) is 2.93. The topological polar surface area (TPSA) is 45.6 Å². The summed E-state index contributed by atoms with van der Waals surface area (Å²) in [6.07, 6.45) is 5.55. The van der Waals surface area contributed by atoms with Crippen molar-refractivity contribution in [1.29, 1.82) is 0 Å². The van der Waals surface area contributed by atoms with Crippen LogP contribution in [0.2, 0.25) is 0 Å². The van der Waals surface area contributed by atoms with Crippen molar-refractivity contribution in [1.82, 2.24) is 4.98 Å². The molecule has 1 N–H and O–H groups in total. The first kappa shape index (κ1) is 17.8. The third kappa shape index (κ3) is 3.62. The lowest BCUT2D eigenvalue weighted by Gasteiger charge is -2.28. The molecular weight excluding hydrogens is 363 g/mol. The molecule has 4 rings (SSSR count). The van der Waals surface area contributed by atoms with Gasteiger partial charge in [-0.1, -0.05) is 0 Å². The molecule has 0 amide bonds. The van der Waals surface area contributed by atoms with Crippen LogP contribution in [-0.4, -0.2) is 30.3 Å². The van der Waals surface area contributed by atoms with Crippen molar-refractivity contribution in [3.05, 3.63) is 48.4 Å². The zero-order valence-corrected chi connectivity index (χ0v) is 15.9.